The lowest BCUT2D eigenvalue weighted by Gasteiger charge is -2.30. The molecule has 1 amide bonds. The molecule has 9 heteroatoms. The van der Waals surface area contributed by atoms with Crippen LogP contribution in [0.5, 0.6) is 0 Å². The van der Waals surface area contributed by atoms with Crippen LogP contribution in [0.15, 0.2) is 42.5 Å². The molecule has 0 aromatic heterocycles. The van der Waals surface area contributed by atoms with Crippen molar-refractivity contribution in [1.82, 2.24) is 5.32 Å². The number of nitrogens with zero attached hydrogens (tertiary/aromatic N) is 2. The van der Waals surface area contributed by atoms with Crippen molar-refractivity contribution in [2.24, 2.45) is 0 Å². The normalized spacial score (nSPS) is 13.4. The number of hydrogen-bond acceptors (Lipinski definition) is 5. The van der Waals surface area contributed by atoms with Gasteiger partial charge in [-0.1, -0.05) is 37.3 Å². The first-order valence-electron chi connectivity index (χ1n) is 9.59. The number of nitrogens with one attached hydrogen (secondary N) is 1. The Kier molecular flexibility index (Phi) is 7.20. The summed E-state index contributed by atoms with van der Waals surface area (Å²) < 4.78 is 26.0. The molecule has 0 aliphatic carbocycles. The number of carbonyl (C=O) groups excluding carboxylic acids is 1. The van der Waals surface area contributed by atoms with Gasteiger partial charge < -0.3 is 5.32 Å². The highest BCUT2D eigenvalue weighted by Gasteiger charge is 2.31. The number of nitro benzene ring substituents is 1. The van der Waals surface area contributed by atoms with Crippen molar-refractivity contribution in [3.05, 3.63) is 69.3 Å². The molecule has 0 unspecified atom stereocenters. The highest BCUT2D eigenvalue weighted by atomic mass is 32.2. The lowest BCUT2D eigenvalue weighted by molar-refractivity contribution is -0.384. The van der Waals surface area contributed by atoms with Crippen LogP contribution in [0.3, 0.4) is 0 Å². The van der Waals surface area contributed by atoms with E-state index in [1.165, 1.54) is 30.7 Å². The van der Waals surface area contributed by atoms with Gasteiger partial charge in [0.05, 0.1) is 22.9 Å². The first-order valence-corrected chi connectivity index (χ1v) is 11.4. The Bertz CT molecular complexity index is 1040. The average molecular weight is 434 g/mol. The van der Waals surface area contributed by atoms with Gasteiger partial charge in [-0.05, 0) is 43.9 Å². The number of non-ortho nitro benzene ring substituents is 1. The molecular formula is C21H27N3O5S. The maximum absolute atomic E-state index is 12.9. The summed E-state index contributed by atoms with van der Waals surface area (Å²) in [7, 11) is -3.89. The second kappa shape index (κ2) is 9.25. The third-order valence-corrected chi connectivity index (χ3v) is 6.20. The topological polar surface area (TPSA) is 110 Å². The van der Waals surface area contributed by atoms with Gasteiger partial charge in [-0.3, -0.25) is 19.2 Å². The van der Waals surface area contributed by atoms with Crippen LogP contribution in [0.2, 0.25) is 0 Å². The SMILES string of the molecule is CCc1ccc([C@H](C)NC(=O)[C@H](C)N(c2cc([N+](=O)[O-])ccc2C)S(C)(=O)=O)cc1. The Hall–Kier alpha value is -2.94. The minimum absolute atomic E-state index is 0.106. The number of aryl methyl sites for hydroxylation is 2. The Morgan fingerprint density at radius 2 is 1.77 bits per heavy atom. The number of benzene rings is 2. The number of anilines is 1. The Morgan fingerprint density at radius 1 is 1.17 bits per heavy atom. The molecule has 0 saturated heterocycles. The Labute approximate surface area is 177 Å². The molecule has 0 fully saturated rings. The summed E-state index contributed by atoms with van der Waals surface area (Å²) in [5.74, 6) is -0.501. The van der Waals surface area contributed by atoms with Crippen molar-refractivity contribution in [2.75, 3.05) is 10.6 Å². The van der Waals surface area contributed by atoms with Gasteiger partial charge in [0.1, 0.15) is 6.04 Å². The molecule has 1 N–H and O–H groups in total. The van der Waals surface area contributed by atoms with Gasteiger partial charge in [0.2, 0.25) is 15.9 Å². The zero-order valence-electron chi connectivity index (χ0n) is 17.7. The lowest BCUT2D eigenvalue weighted by atomic mass is 10.0. The van der Waals surface area contributed by atoms with Crippen LogP contribution >= 0.6 is 0 Å². The van der Waals surface area contributed by atoms with E-state index in [1.54, 1.807) is 6.92 Å². The van der Waals surface area contributed by atoms with Crippen molar-refractivity contribution in [2.45, 2.75) is 46.2 Å². The van der Waals surface area contributed by atoms with Crippen LogP contribution in [-0.2, 0) is 21.2 Å². The van der Waals surface area contributed by atoms with Crippen LogP contribution in [0.1, 0.15) is 43.5 Å². The zero-order chi connectivity index (χ0) is 22.6. The summed E-state index contributed by atoms with van der Waals surface area (Å²) in [5.41, 5.74) is 2.43. The molecule has 30 heavy (non-hydrogen) atoms. The molecule has 0 bridgehead atoms. The van der Waals surface area contributed by atoms with E-state index in [2.05, 4.69) is 12.2 Å². The van der Waals surface area contributed by atoms with Crippen LogP contribution in [0, 0.1) is 17.0 Å². The molecule has 0 spiro atoms. The number of amides is 1. The molecule has 0 heterocycles. The second-order valence-electron chi connectivity index (χ2n) is 7.29. The molecule has 2 rings (SSSR count). The molecule has 162 valence electrons. The maximum Gasteiger partial charge on any atom is 0.271 e. The summed E-state index contributed by atoms with van der Waals surface area (Å²) in [6.45, 7) is 6.97. The smallest absolute Gasteiger partial charge is 0.271 e. The average Bonchev–Trinajstić information content (AvgIpc) is 2.68. The molecule has 0 radical (unpaired) electrons. The summed E-state index contributed by atoms with van der Waals surface area (Å²) in [4.78, 5) is 23.4. The minimum Gasteiger partial charge on any atom is -0.348 e. The third-order valence-electron chi connectivity index (χ3n) is 4.98. The quantitative estimate of drug-likeness (QED) is 0.506. The van der Waals surface area contributed by atoms with E-state index < -0.39 is 26.9 Å². The van der Waals surface area contributed by atoms with E-state index in [1.807, 2.05) is 31.2 Å². The molecule has 0 aliphatic heterocycles. The van der Waals surface area contributed by atoms with Gasteiger partial charge in [-0.15, -0.1) is 0 Å². The van der Waals surface area contributed by atoms with Crippen molar-refractivity contribution in [1.29, 1.82) is 0 Å². The van der Waals surface area contributed by atoms with Crippen molar-refractivity contribution >= 4 is 27.3 Å². The molecule has 2 aromatic rings. The number of sulfonamides is 1. The van der Waals surface area contributed by atoms with E-state index in [0.29, 0.717) is 5.56 Å². The van der Waals surface area contributed by atoms with Crippen LogP contribution in [0.25, 0.3) is 0 Å². The first-order chi connectivity index (χ1) is 14.0. The molecule has 2 aromatic carbocycles. The Morgan fingerprint density at radius 3 is 2.27 bits per heavy atom. The maximum atomic E-state index is 12.9. The van der Waals surface area contributed by atoms with Crippen LogP contribution < -0.4 is 9.62 Å². The summed E-state index contributed by atoms with van der Waals surface area (Å²) in [6.07, 6.45) is 1.88. The summed E-state index contributed by atoms with van der Waals surface area (Å²) >= 11 is 0. The molecular weight excluding hydrogens is 406 g/mol. The first kappa shape index (κ1) is 23.3. The van der Waals surface area contributed by atoms with E-state index in [4.69, 9.17) is 0 Å². The van der Waals surface area contributed by atoms with Crippen molar-refractivity contribution < 1.29 is 18.1 Å². The van der Waals surface area contributed by atoms with Gasteiger partial charge in [0, 0.05) is 12.1 Å². The fourth-order valence-electron chi connectivity index (χ4n) is 3.19. The van der Waals surface area contributed by atoms with Crippen molar-refractivity contribution in [3.8, 4) is 0 Å². The summed E-state index contributed by atoms with van der Waals surface area (Å²) in [6, 6.07) is 10.3. The van der Waals surface area contributed by atoms with Gasteiger partial charge >= 0.3 is 0 Å². The lowest BCUT2D eigenvalue weighted by Crippen LogP contribution is -2.48. The van der Waals surface area contributed by atoms with Crippen LogP contribution in [0.4, 0.5) is 11.4 Å². The number of rotatable bonds is 8. The number of nitro groups is 1. The third kappa shape index (κ3) is 5.35. The number of carbonyl (C=O) groups is 1. The van der Waals surface area contributed by atoms with Gasteiger partial charge in [-0.2, -0.15) is 0 Å². The van der Waals surface area contributed by atoms with Gasteiger partial charge in [-0.25, -0.2) is 8.42 Å². The van der Waals surface area contributed by atoms with E-state index in [0.717, 1.165) is 22.5 Å². The van der Waals surface area contributed by atoms with Gasteiger partial charge in [0.25, 0.3) is 5.69 Å². The van der Waals surface area contributed by atoms with Crippen molar-refractivity contribution in [3.63, 3.8) is 0 Å². The molecule has 8 nitrogen and oxygen atoms in total. The highest BCUT2D eigenvalue weighted by Crippen LogP contribution is 2.29. The van der Waals surface area contributed by atoms with Gasteiger partial charge in [0.15, 0.2) is 0 Å². The monoisotopic (exact) mass is 433 g/mol. The second-order valence-corrected chi connectivity index (χ2v) is 9.15. The predicted octanol–water partition coefficient (Wildman–Crippen LogP) is 3.50. The van der Waals surface area contributed by atoms with E-state index in [9.17, 15) is 23.3 Å². The molecule has 2 atom stereocenters. The Balaban J connectivity index is 2.33. The zero-order valence-corrected chi connectivity index (χ0v) is 18.6. The fourth-order valence-corrected chi connectivity index (χ4v) is 4.41. The standard InChI is InChI=1S/C21H27N3O5S/c1-6-17-8-10-18(11-9-17)15(3)22-21(25)16(4)23(30(5,28)29)20-13-19(24(26)27)12-7-14(20)2/h7-13,15-16H,6H2,1-5H3,(H,22,25)/t15-,16-/m0/s1. The van der Waals surface area contributed by atoms with E-state index in [-0.39, 0.29) is 17.4 Å². The summed E-state index contributed by atoms with van der Waals surface area (Å²) in [5, 5.41) is 14.0. The number of hydrogen-bond donors (Lipinski definition) is 1. The molecule has 0 aliphatic rings. The minimum atomic E-state index is -3.89. The van der Waals surface area contributed by atoms with Crippen LogP contribution in [-0.4, -0.2) is 31.5 Å². The largest absolute Gasteiger partial charge is 0.348 e. The molecule has 0 saturated carbocycles. The predicted molar refractivity (Wildman–Crippen MR) is 117 cm³/mol. The van der Waals surface area contributed by atoms with E-state index >= 15 is 0 Å². The fraction of sp³-hybridized carbons (Fsp3) is 0.381. The highest BCUT2D eigenvalue weighted by molar-refractivity contribution is 7.92.